The molecule has 0 saturated heterocycles. The van der Waals surface area contributed by atoms with Gasteiger partial charge in [-0.25, -0.2) is 10.1 Å². The number of aromatic nitrogens is 4. The van der Waals surface area contributed by atoms with E-state index in [1.54, 1.807) is 42.5 Å². The minimum absolute atomic E-state index is 0.264. The number of pyridine rings is 1. The summed E-state index contributed by atoms with van der Waals surface area (Å²) >= 11 is 0. The van der Waals surface area contributed by atoms with Crippen LogP contribution in [0.15, 0.2) is 90.0 Å². The van der Waals surface area contributed by atoms with Gasteiger partial charge in [0.1, 0.15) is 18.0 Å². The summed E-state index contributed by atoms with van der Waals surface area (Å²) in [6.07, 6.45) is 3.95. The van der Waals surface area contributed by atoms with Crippen molar-refractivity contribution < 1.29 is 9.53 Å². The van der Waals surface area contributed by atoms with Crippen LogP contribution in [0.1, 0.15) is 21.6 Å². The number of fused-ring (bicyclic) bond motifs is 1. The van der Waals surface area contributed by atoms with Crippen LogP contribution in [0.2, 0.25) is 0 Å². The molecule has 0 atom stereocenters. The van der Waals surface area contributed by atoms with Gasteiger partial charge in [0, 0.05) is 35.3 Å². The lowest BCUT2D eigenvalue weighted by Gasteiger charge is -2.09. The summed E-state index contributed by atoms with van der Waals surface area (Å²) in [4.78, 5) is 28.6. The van der Waals surface area contributed by atoms with E-state index in [0.717, 1.165) is 22.5 Å². The zero-order chi connectivity index (χ0) is 23.5. The van der Waals surface area contributed by atoms with Crippen molar-refractivity contribution in [3.05, 3.63) is 112 Å². The van der Waals surface area contributed by atoms with Crippen molar-refractivity contribution in [1.29, 1.82) is 0 Å². The van der Waals surface area contributed by atoms with Crippen LogP contribution in [-0.2, 0) is 6.61 Å². The summed E-state index contributed by atoms with van der Waals surface area (Å²) in [7, 11) is 0. The molecule has 2 aromatic carbocycles. The molecular formula is C26H21N5O3. The molecular weight excluding hydrogens is 430 g/mol. The van der Waals surface area contributed by atoms with E-state index in [0.29, 0.717) is 29.3 Å². The fraction of sp³-hybridized carbons (Fsp3) is 0.0769. The molecule has 0 aliphatic carbocycles. The highest BCUT2D eigenvalue weighted by Crippen LogP contribution is 2.21. The molecule has 0 aliphatic heterocycles. The van der Waals surface area contributed by atoms with Crippen LogP contribution < -0.4 is 15.6 Å². The third-order valence-corrected chi connectivity index (χ3v) is 5.23. The van der Waals surface area contributed by atoms with Crippen molar-refractivity contribution in [2.45, 2.75) is 13.5 Å². The lowest BCUT2D eigenvalue weighted by Crippen LogP contribution is -2.12. The normalized spacial score (nSPS) is 10.9. The number of aromatic amines is 1. The standard InChI is InChI=1S/C26H21N5O3/c1-17-8-10-24-27-21(15-31(24)14-17)16-34-22-7-3-5-19(13-22)26(33)28-20-6-2-4-18(12-20)23-9-11-25(32)30-29-23/h2-15H,16H2,1H3,(H,28,33)(H,30,32). The molecule has 8 nitrogen and oxygen atoms in total. The first-order valence-corrected chi connectivity index (χ1v) is 10.7. The first-order chi connectivity index (χ1) is 16.5. The summed E-state index contributed by atoms with van der Waals surface area (Å²) in [5.41, 5.74) is 4.99. The molecule has 1 amide bonds. The first kappa shape index (κ1) is 21.1. The summed E-state index contributed by atoms with van der Waals surface area (Å²) in [6, 6.07) is 21.3. The quantitative estimate of drug-likeness (QED) is 0.402. The highest BCUT2D eigenvalue weighted by molar-refractivity contribution is 6.04. The maximum atomic E-state index is 12.8. The van der Waals surface area contributed by atoms with E-state index in [4.69, 9.17) is 4.74 Å². The molecule has 5 rings (SSSR count). The summed E-state index contributed by atoms with van der Waals surface area (Å²) in [5, 5.41) is 9.33. The largest absolute Gasteiger partial charge is 0.487 e. The van der Waals surface area contributed by atoms with E-state index >= 15 is 0 Å². The molecule has 2 N–H and O–H groups in total. The number of imidazole rings is 1. The zero-order valence-corrected chi connectivity index (χ0v) is 18.4. The number of aryl methyl sites for hydroxylation is 1. The van der Waals surface area contributed by atoms with Crippen molar-refractivity contribution >= 4 is 17.2 Å². The number of amides is 1. The van der Waals surface area contributed by atoms with Gasteiger partial charge in [0.25, 0.3) is 11.5 Å². The van der Waals surface area contributed by atoms with Crippen LogP contribution in [0.5, 0.6) is 5.75 Å². The molecule has 0 bridgehead atoms. The van der Waals surface area contributed by atoms with Gasteiger partial charge in [0.15, 0.2) is 0 Å². The molecule has 168 valence electrons. The molecule has 0 saturated carbocycles. The number of nitrogens with one attached hydrogen (secondary N) is 2. The van der Waals surface area contributed by atoms with E-state index in [9.17, 15) is 9.59 Å². The van der Waals surface area contributed by atoms with Gasteiger partial charge in [-0.05, 0) is 55.0 Å². The average Bonchev–Trinajstić information content (AvgIpc) is 3.25. The van der Waals surface area contributed by atoms with Crippen molar-refractivity contribution in [3.8, 4) is 17.0 Å². The van der Waals surface area contributed by atoms with E-state index in [2.05, 4.69) is 20.5 Å². The summed E-state index contributed by atoms with van der Waals surface area (Å²) in [5.74, 6) is 0.312. The number of ether oxygens (including phenoxy) is 1. The fourth-order valence-corrected chi connectivity index (χ4v) is 3.57. The Bertz CT molecular complexity index is 1530. The maximum absolute atomic E-state index is 12.8. The number of anilines is 1. The van der Waals surface area contributed by atoms with Gasteiger partial charge in [-0.1, -0.05) is 24.3 Å². The molecule has 0 spiro atoms. The first-order valence-electron chi connectivity index (χ1n) is 10.7. The third kappa shape index (κ3) is 4.71. The SMILES string of the molecule is Cc1ccc2nc(COc3cccc(C(=O)Nc4cccc(-c5ccc(=O)[nH]n5)c4)c3)cn2c1. The van der Waals surface area contributed by atoms with Crippen molar-refractivity contribution in [3.63, 3.8) is 0 Å². The second-order valence-electron chi connectivity index (χ2n) is 7.86. The van der Waals surface area contributed by atoms with E-state index in [-0.39, 0.29) is 11.5 Å². The van der Waals surface area contributed by atoms with Gasteiger partial charge in [-0.2, -0.15) is 5.10 Å². The lowest BCUT2D eigenvalue weighted by atomic mass is 10.1. The molecule has 0 aliphatic rings. The Morgan fingerprint density at radius 1 is 1.03 bits per heavy atom. The Labute approximate surface area is 194 Å². The monoisotopic (exact) mass is 451 g/mol. The minimum atomic E-state index is -0.272. The Morgan fingerprint density at radius 2 is 1.91 bits per heavy atom. The van der Waals surface area contributed by atoms with Crippen LogP contribution in [0, 0.1) is 6.92 Å². The molecule has 3 aromatic heterocycles. The topological polar surface area (TPSA) is 101 Å². The van der Waals surface area contributed by atoms with E-state index in [1.165, 1.54) is 6.07 Å². The number of carbonyl (C=O) groups excluding carboxylic acids is 1. The average molecular weight is 451 g/mol. The predicted octanol–water partition coefficient (Wildman–Crippen LogP) is 4.22. The molecule has 8 heteroatoms. The Morgan fingerprint density at radius 3 is 2.76 bits per heavy atom. The number of benzene rings is 2. The number of hydrogen-bond acceptors (Lipinski definition) is 5. The molecule has 0 unspecified atom stereocenters. The van der Waals surface area contributed by atoms with Gasteiger partial charge in [0.05, 0.1) is 11.4 Å². The number of carbonyl (C=O) groups is 1. The van der Waals surface area contributed by atoms with Crippen molar-refractivity contribution in [2.24, 2.45) is 0 Å². The van der Waals surface area contributed by atoms with Crippen LogP contribution >= 0.6 is 0 Å². The second-order valence-corrected chi connectivity index (χ2v) is 7.86. The van der Waals surface area contributed by atoms with Crippen LogP contribution in [0.25, 0.3) is 16.9 Å². The Kier molecular flexibility index (Phi) is 5.61. The molecule has 0 radical (unpaired) electrons. The number of nitrogens with zero attached hydrogens (tertiary/aromatic N) is 3. The number of rotatable bonds is 6. The van der Waals surface area contributed by atoms with Gasteiger partial charge in [-0.3, -0.25) is 9.59 Å². The fourth-order valence-electron chi connectivity index (χ4n) is 3.57. The van der Waals surface area contributed by atoms with Gasteiger partial charge in [0.2, 0.25) is 0 Å². The third-order valence-electron chi connectivity index (χ3n) is 5.23. The number of hydrogen-bond donors (Lipinski definition) is 2. The van der Waals surface area contributed by atoms with E-state index in [1.807, 2.05) is 48.0 Å². The predicted molar refractivity (Wildman–Crippen MR) is 129 cm³/mol. The van der Waals surface area contributed by atoms with Crippen molar-refractivity contribution in [2.75, 3.05) is 5.32 Å². The summed E-state index contributed by atoms with van der Waals surface area (Å²) < 4.78 is 7.85. The highest BCUT2D eigenvalue weighted by atomic mass is 16.5. The second kappa shape index (κ2) is 9.03. The van der Waals surface area contributed by atoms with Gasteiger partial charge >= 0.3 is 0 Å². The highest BCUT2D eigenvalue weighted by Gasteiger charge is 2.10. The van der Waals surface area contributed by atoms with Crippen LogP contribution in [-0.4, -0.2) is 25.5 Å². The molecule has 0 fully saturated rings. The summed E-state index contributed by atoms with van der Waals surface area (Å²) in [6.45, 7) is 2.32. The molecule has 5 aromatic rings. The molecule has 3 heterocycles. The van der Waals surface area contributed by atoms with Gasteiger partial charge < -0.3 is 14.5 Å². The molecule has 34 heavy (non-hydrogen) atoms. The Hall–Kier alpha value is -4.72. The number of H-pyrrole nitrogens is 1. The van der Waals surface area contributed by atoms with Gasteiger partial charge in [-0.15, -0.1) is 0 Å². The zero-order valence-electron chi connectivity index (χ0n) is 18.4. The minimum Gasteiger partial charge on any atom is -0.487 e. The maximum Gasteiger partial charge on any atom is 0.264 e. The van der Waals surface area contributed by atoms with Crippen LogP contribution in [0.4, 0.5) is 5.69 Å². The lowest BCUT2D eigenvalue weighted by molar-refractivity contribution is 0.102. The smallest absolute Gasteiger partial charge is 0.264 e. The Balaban J connectivity index is 1.27. The van der Waals surface area contributed by atoms with Crippen molar-refractivity contribution in [1.82, 2.24) is 19.6 Å². The van der Waals surface area contributed by atoms with E-state index < -0.39 is 0 Å². The van der Waals surface area contributed by atoms with Crippen LogP contribution in [0.3, 0.4) is 0 Å².